The van der Waals surface area contributed by atoms with Crippen molar-refractivity contribution in [3.8, 4) is 11.5 Å². The number of nitrogens with one attached hydrogen (secondary N) is 1. The van der Waals surface area contributed by atoms with Gasteiger partial charge in [-0.05, 0) is 37.6 Å². The molecule has 1 N–H and O–H groups in total. The van der Waals surface area contributed by atoms with Gasteiger partial charge in [0.1, 0.15) is 5.60 Å². The third-order valence-electron chi connectivity index (χ3n) is 4.58. The number of ether oxygens (including phenoxy) is 3. The van der Waals surface area contributed by atoms with Gasteiger partial charge in [-0.3, -0.25) is 4.79 Å². The molecule has 1 aromatic carbocycles. The Hall–Kier alpha value is -2.05. The summed E-state index contributed by atoms with van der Waals surface area (Å²) in [5, 5.41) is 3.24. The molecule has 0 aromatic heterocycles. The summed E-state index contributed by atoms with van der Waals surface area (Å²) in [6, 6.07) is 5.57. The Balaban J connectivity index is 1.72. The molecule has 2 heterocycles. The van der Waals surface area contributed by atoms with E-state index in [2.05, 4.69) is 5.32 Å². The van der Waals surface area contributed by atoms with Gasteiger partial charge in [-0.1, -0.05) is 6.07 Å². The van der Waals surface area contributed by atoms with Crippen LogP contribution < -0.4 is 14.8 Å². The van der Waals surface area contributed by atoms with Crippen molar-refractivity contribution >= 4 is 12.0 Å². The zero-order valence-corrected chi connectivity index (χ0v) is 15.3. The lowest BCUT2D eigenvalue weighted by Crippen LogP contribution is -2.73. The summed E-state index contributed by atoms with van der Waals surface area (Å²) in [4.78, 5) is 14.5. The Labute approximate surface area is 148 Å². The largest absolute Gasteiger partial charge is 0.493 e. The third kappa shape index (κ3) is 3.80. The summed E-state index contributed by atoms with van der Waals surface area (Å²) < 4.78 is 16.7. The van der Waals surface area contributed by atoms with Crippen LogP contribution in [0.5, 0.6) is 11.5 Å². The van der Waals surface area contributed by atoms with Crippen molar-refractivity contribution in [3.05, 3.63) is 29.8 Å². The summed E-state index contributed by atoms with van der Waals surface area (Å²) in [5.41, 5.74) is 0.306. The molecule has 6 nitrogen and oxygen atoms in total. The molecule has 0 radical (unpaired) electrons. The van der Waals surface area contributed by atoms with Gasteiger partial charge in [0.05, 0.1) is 26.4 Å². The molecule has 1 amide bonds. The minimum atomic E-state index is -0.340. The van der Waals surface area contributed by atoms with Gasteiger partial charge >= 0.3 is 0 Å². The molecule has 2 fully saturated rings. The maximum absolute atomic E-state index is 12.7. The first-order valence-corrected chi connectivity index (χ1v) is 8.46. The zero-order valence-electron chi connectivity index (χ0n) is 15.3. The lowest BCUT2D eigenvalue weighted by Gasteiger charge is -2.54. The van der Waals surface area contributed by atoms with E-state index in [1.54, 1.807) is 26.4 Å². The highest BCUT2D eigenvalue weighted by Crippen LogP contribution is 2.32. The summed E-state index contributed by atoms with van der Waals surface area (Å²) in [7, 11) is 3.20. The van der Waals surface area contributed by atoms with Crippen LogP contribution in [0.3, 0.4) is 0 Å². The van der Waals surface area contributed by atoms with Gasteiger partial charge in [0, 0.05) is 25.7 Å². The van der Waals surface area contributed by atoms with E-state index in [1.165, 1.54) is 0 Å². The number of nitrogens with zero attached hydrogens (tertiary/aromatic N) is 1. The van der Waals surface area contributed by atoms with Crippen LogP contribution in [0.4, 0.5) is 0 Å². The number of amides is 1. The molecule has 1 spiro atoms. The monoisotopic (exact) mass is 346 g/mol. The van der Waals surface area contributed by atoms with Gasteiger partial charge in [-0.25, -0.2) is 0 Å². The number of methoxy groups -OCH3 is 2. The highest BCUT2D eigenvalue weighted by Gasteiger charge is 2.49. The number of carbonyl (C=O) groups is 1. The highest BCUT2D eigenvalue weighted by molar-refractivity contribution is 5.92. The van der Waals surface area contributed by atoms with E-state index >= 15 is 0 Å². The Morgan fingerprint density at radius 1 is 1.20 bits per heavy atom. The van der Waals surface area contributed by atoms with Crippen molar-refractivity contribution in [2.24, 2.45) is 0 Å². The standard InChI is InChI=1S/C19H26N2O4/c1-18(2)12-21(13-19(25-18)10-20-11-19)17(22)8-6-14-5-7-15(23-3)16(9-14)24-4/h5-9,20H,10-13H2,1-4H3/b8-6+. The Kier molecular flexibility index (Phi) is 4.75. The van der Waals surface area contributed by atoms with Crippen molar-refractivity contribution in [1.82, 2.24) is 10.2 Å². The molecular weight excluding hydrogens is 320 g/mol. The first kappa shape index (κ1) is 17.8. The normalized spacial score (nSPS) is 21.2. The maximum Gasteiger partial charge on any atom is 0.246 e. The van der Waals surface area contributed by atoms with E-state index in [1.807, 2.05) is 36.9 Å². The van der Waals surface area contributed by atoms with E-state index in [4.69, 9.17) is 14.2 Å². The van der Waals surface area contributed by atoms with Crippen LogP contribution in [-0.2, 0) is 9.53 Å². The third-order valence-corrected chi connectivity index (χ3v) is 4.58. The van der Waals surface area contributed by atoms with Crippen molar-refractivity contribution in [1.29, 1.82) is 0 Å². The van der Waals surface area contributed by atoms with Crippen LogP contribution in [0.25, 0.3) is 6.08 Å². The van der Waals surface area contributed by atoms with Gasteiger partial charge in [-0.2, -0.15) is 0 Å². The topological polar surface area (TPSA) is 60.0 Å². The molecule has 2 aliphatic heterocycles. The van der Waals surface area contributed by atoms with Crippen LogP contribution in [0.15, 0.2) is 24.3 Å². The van der Waals surface area contributed by atoms with Crippen LogP contribution in [0, 0.1) is 0 Å². The lowest BCUT2D eigenvalue weighted by molar-refractivity contribution is -0.214. The number of benzene rings is 1. The molecule has 0 unspecified atom stereocenters. The molecule has 0 atom stereocenters. The van der Waals surface area contributed by atoms with Crippen molar-refractivity contribution in [2.75, 3.05) is 40.4 Å². The number of hydrogen-bond acceptors (Lipinski definition) is 5. The van der Waals surface area contributed by atoms with Crippen molar-refractivity contribution < 1.29 is 19.0 Å². The number of morpholine rings is 1. The van der Waals surface area contributed by atoms with E-state index in [0.29, 0.717) is 24.6 Å². The summed E-state index contributed by atoms with van der Waals surface area (Å²) in [6.07, 6.45) is 3.42. The average molecular weight is 346 g/mol. The van der Waals surface area contributed by atoms with Crippen LogP contribution in [0.1, 0.15) is 19.4 Å². The lowest BCUT2D eigenvalue weighted by atomic mass is 9.90. The quantitative estimate of drug-likeness (QED) is 0.841. The van der Waals surface area contributed by atoms with Gasteiger partial charge < -0.3 is 24.4 Å². The Morgan fingerprint density at radius 2 is 1.92 bits per heavy atom. The van der Waals surface area contributed by atoms with Gasteiger partial charge in [-0.15, -0.1) is 0 Å². The van der Waals surface area contributed by atoms with E-state index < -0.39 is 0 Å². The van der Waals surface area contributed by atoms with Gasteiger partial charge in [0.2, 0.25) is 5.91 Å². The second-order valence-electron chi connectivity index (χ2n) is 7.29. The van der Waals surface area contributed by atoms with Crippen molar-refractivity contribution in [3.63, 3.8) is 0 Å². The first-order chi connectivity index (χ1) is 11.9. The smallest absolute Gasteiger partial charge is 0.246 e. The molecular formula is C19H26N2O4. The summed E-state index contributed by atoms with van der Waals surface area (Å²) >= 11 is 0. The first-order valence-electron chi connectivity index (χ1n) is 8.46. The molecule has 0 aliphatic carbocycles. The fourth-order valence-corrected chi connectivity index (χ4v) is 3.49. The second-order valence-corrected chi connectivity index (χ2v) is 7.29. The number of carbonyl (C=O) groups excluding carboxylic acids is 1. The maximum atomic E-state index is 12.7. The molecule has 3 rings (SSSR count). The number of rotatable bonds is 4. The predicted octanol–water partition coefficient (Wildman–Crippen LogP) is 1.70. The molecule has 6 heteroatoms. The second kappa shape index (κ2) is 6.69. The SMILES string of the molecule is COc1ccc(/C=C/C(=O)N2CC(C)(C)OC3(CNC3)C2)cc1OC. The summed E-state index contributed by atoms with van der Waals surface area (Å²) in [5.74, 6) is 1.31. The van der Waals surface area contributed by atoms with Crippen LogP contribution in [-0.4, -0.2) is 62.4 Å². The molecule has 25 heavy (non-hydrogen) atoms. The molecule has 2 aliphatic rings. The van der Waals surface area contributed by atoms with Gasteiger partial charge in [0.25, 0.3) is 0 Å². The molecule has 2 saturated heterocycles. The zero-order chi connectivity index (χ0) is 18.1. The average Bonchev–Trinajstić information content (AvgIpc) is 2.56. The fourth-order valence-electron chi connectivity index (χ4n) is 3.49. The molecule has 0 bridgehead atoms. The minimum Gasteiger partial charge on any atom is -0.493 e. The minimum absolute atomic E-state index is 0.00238. The van der Waals surface area contributed by atoms with Gasteiger partial charge in [0.15, 0.2) is 11.5 Å². The van der Waals surface area contributed by atoms with E-state index in [-0.39, 0.29) is 17.1 Å². The predicted molar refractivity (Wildman–Crippen MR) is 95.9 cm³/mol. The number of hydrogen-bond donors (Lipinski definition) is 1. The van der Waals surface area contributed by atoms with Crippen LogP contribution >= 0.6 is 0 Å². The van der Waals surface area contributed by atoms with Crippen molar-refractivity contribution in [2.45, 2.75) is 25.0 Å². The highest BCUT2D eigenvalue weighted by atomic mass is 16.5. The summed E-state index contributed by atoms with van der Waals surface area (Å²) in [6.45, 7) is 6.86. The van der Waals surface area contributed by atoms with Crippen LogP contribution in [0.2, 0.25) is 0 Å². The molecule has 0 saturated carbocycles. The van der Waals surface area contributed by atoms with E-state index in [9.17, 15) is 4.79 Å². The molecule has 1 aromatic rings. The van der Waals surface area contributed by atoms with E-state index in [0.717, 1.165) is 18.7 Å². The fraction of sp³-hybridized carbons (Fsp3) is 0.526. The Bertz CT molecular complexity index is 680. The Morgan fingerprint density at radius 3 is 2.52 bits per heavy atom. The molecule has 136 valence electrons.